The van der Waals surface area contributed by atoms with Crippen LogP contribution in [0, 0.1) is 0 Å². The lowest BCUT2D eigenvalue weighted by Gasteiger charge is -2.14. The summed E-state index contributed by atoms with van der Waals surface area (Å²) in [5.74, 6) is 0. The van der Waals surface area contributed by atoms with Crippen LogP contribution in [0.15, 0.2) is 38.7 Å². The monoisotopic (exact) mass is 314 g/mol. The first kappa shape index (κ1) is 15.2. The van der Waals surface area contributed by atoms with E-state index in [1.807, 2.05) is 12.3 Å². The Morgan fingerprint density at radius 2 is 2.20 bits per heavy atom. The number of sulfonamides is 1. The van der Waals surface area contributed by atoms with Crippen molar-refractivity contribution in [1.29, 1.82) is 0 Å². The van der Waals surface area contributed by atoms with Gasteiger partial charge < -0.3 is 9.73 Å². The summed E-state index contributed by atoms with van der Waals surface area (Å²) in [6.07, 6.45) is 3.09. The molecule has 1 N–H and O–H groups in total. The van der Waals surface area contributed by atoms with E-state index in [9.17, 15) is 8.42 Å². The van der Waals surface area contributed by atoms with Gasteiger partial charge in [0.25, 0.3) is 10.0 Å². The molecule has 0 aliphatic heterocycles. The Labute approximate surface area is 123 Å². The second-order valence-corrected chi connectivity index (χ2v) is 7.63. The van der Waals surface area contributed by atoms with Crippen molar-refractivity contribution < 1.29 is 12.8 Å². The number of nitrogens with one attached hydrogen (secondary N) is 1. The maximum absolute atomic E-state index is 12.4. The summed E-state index contributed by atoms with van der Waals surface area (Å²) in [5, 5.41) is 5.06. The van der Waals surface area contributed by atoms with Crippen LogP contribution in [0.5, 0.6) is 0 Å². The zero-order chi connectivity index (χ0) is 14.6. The molecule has 2 heterocycles. The van der Waals surface area contributed by atoms with Crippen LogP contribution < -0.4 is 5.32 Å². The van der Waals surface area contributed by atoms with Gasteiger partial charge in [0.2, 0.25) is 0 Å². The molecule has 0 aliphatic carbocycles. The van der Waals surface area contributed by atoms with Gasteiger partial charge in [-0.05, 0) is 29.6 Å². The average molecular weight is 314 g/mol. The van der Waals surface area contributed by atoms with Crippen molar-refractivity contribution in [3.63, 3.8) is 0 Å². The molecule has 5 nitrogen and oxygen atoms in total. The first-order valence-corrected chi connectivity index (χ1v) is 8.61. The van der Waals surface area contributed by atoms with E-state index in [0.29, 0.717) is 17.3 Å². The SMILES string of the molecule is CCNCc1csc(S(=O)(=O)N(C)Cc2ccoc2)c1. The molecule has 0 saturated heterocycles. The van der Waals surface area contributed by atoms with Crippen molar-refractivity contribution in [3.8, 4) is 0 Å². The number of hydrogen-bond acceptors (Lipinski definition) is 5. The van der Waals surface area contributed by atoms with Gasteiger partial charge >= 0.3 is 0 Å². The second kappa shape index (κ2) is 6.53. The average Bonchev–Trinajstić information content (AvgIpc) is 3.07. The predicted molar refractivity (Wildman–Crippen MR) is 79.1 cm³/mol. The molecule has 2 rings (SSSR count). The molecule has 110 valence electrons. The van der Waals surface area contributed by atoms with E-state index in [-0.39, 0.29) is 0 Å². The summed E-state index contributed by atoms with van der Waals surface area (Å²) < 4.78 is 31.5. The van der Waals surface area contributed by atoms with E-state index < -0.39 is 10.0 Å². The number of thiophene rings is 1. The van der Waals surface area contributed by atoms with Gasteiger partial charge in [-0.1, -0.05) is 6.92 Å². The minimum absolute atomic E-state index is 0.305. The van der Waals surface area contributed by atoms with Gasteiger partial charge in [0.05, 0.1) is 12.5 Å². The molecule has 0 radical (unpaired) electrons. The van der Waals surface area contributed by atoms with Gasteiger partial charge in [-0.25, -0.2) is 8.42 Å². The lowest BCUT2D eigenvalue weighted by Crippen LogP contribution is -2.25. The third-order valence-electron chi connectivity index (χ3n) is 2.86. The number of rotatable bonds is 7. The third-order valence-corrected chi connectivity index (χ3v) is 6.13. The molecule has 0 atom stereocenters. The molecule has 0 spiro atoms. The van der Waals surface area contributed by atoms with Crippen LogP contribution in [0.1, 0.15) is 18.1 Å². The summed E-state index contributed by atoms with van der Waals surface area (Å²) in [7, 11) is -1.86. The van der Waals surface area contributed by atoms with Gasteiger partial charge in [0.1, 0.15) is 4.21 Å². The smallest absolute Gasteiger partial charge is 0.252 e. The van der Waals surface area contributed by atoms with Gasteiger partial charge in [-0.15, -0.1) is 11.3 Å². The highest BCUT2D eigenvalue weighted by Gasteiger charge is 2.23. The normalized spacial score (nSPS) is 12.2. The van der Waals surface area contributed by atoms with E-state index >= 15 is 0 Å². The summed E-state index contributed by atoms with van der Waals surface area (Å²) >= 11 is 1.25. The Morgan fingerprint density at radius 1 is 1.40 bits per heavy atom. The quantitative estimate of drug-likeness (QED) is 0.851. The summed E-state index contributed by atoms with van der Waals surface area (Å²) in [4.78, 5) is 0. The van der Waals surface area contributed by atoms with Crippen LogP contribution in [0.4, 0.5) is 0 Å². The topological polar surface area (TPSA) is 62.6 Å². The number of hydrogen-bond donors (Lipinski definition) is 1. The highest BCUT2D eigenvalue weighted by molar-refractivity contribution is 7.91. The fourth-order valence-corrected chi connectivity index (χ4v) is 4.31. The molecule has 0 saturated carbocycles. The summed E-state index contributed by atoms with van der Waals surface area (Å²) in [6.45, 7) is 3.87. The van der Waals surface area contributed by atoms with Gasteiger partial charge in [0, 0.05) is 25.7 Å². The summed E-state index contributed by atoms with van der Waals surface area (Å²) in [5.41, 5.74) is 1.83. The maximum Gasteiger partial charge on any atom is 0.252 e. The maximum atomic E-state index is 12.4. The zero-order valence-electron chi connectivity index (χ0n) is 11.5. The van der Waals surface area contributed by atoms with Crippen molar-refractivity contribution >= 4 is 21.4 Å². The molecule has 0 fully saturated rings. The Hall–Kier alpha value is -1.15. The van der Waals surface area contributed by atoms with Crippen LogP contribution in [0.2, 0.25) is 0 Å². The molecular weight excluding hydrogens is 296 g/mol. The Bertz CT molecular complexity index is 632. The number of furan rings is 1. The summed E-state index contributed by atoms with van der Waals surface area (Å²) in [6, 6.07) is 3.49. The fraction of sp³-hybridized carbons (Fsp3) is 0.385. The standard InChI is InChI=1S/C13H18N2O3S2/c1-3-14-7-12-6-13(19-10-12)20(16,17)15(2)8-11-4-5-18-9-11/h4-6,9-10,14H,3,7-8H2,1-2H3. The van der Waals surface area contributed by atoms with Crippen LogP contribution in [0.3, 0.4) is 0 Å². The number of nitrogens with zero attached hydrogens (tertiary/aromatic N) is 1. The highest BCUT2D eigenvalue weighted by atomic mass is 32.2. The van der Waals surface area contributed by atoms with Crippen LogP contribution in [0.25, 0.3) is 0 Å². The van der Waals surface area contributed by atoms with E-state index in [1.54, 1.807) is 25.4 Å². The molecule has 20 heavy (non-hydrogen) atoms. The van der Waals surface area contributed by atoms with Crippen molar-refractivity contribution in [3.05, 3.63) is 41.2 Å². The zero-order valence-corrected chi connectivity index (χ0v) is 13.1. The lowest BCUT2D eigenvalue weighted by molar-refractivity contribution is 0.465. The van der Waals surface area contributed by atoms with Crippen LogP contribution in [-0.2, 0) is 23.1 Å². The molecule has 0 unspecified atom stereocenters. The molecule has 0 amide bonds. The Balaban J connectivity index is 2.10. The largest absolute Gasteiger partial charge is 0.472 e. The highest BCUT2D eigenvalue weighted by Crippen LogP contribution is 2.24. The molecular formula is C13H18N2O3S2. The van der Waals surface area contributed by atoms with E-state index in [1.165, 1.54) is 21.9 Å². The van der Waals surface area contributed by atoms with Crippen LogP contribution in [-0.4, -0.2) is 26.3 Å². The minimum atomic E-state index is -3.44. The Kier molecular flexibility index (Phi) is 4.98. The predicted octanol–water partition coefficient (Wildman–Crippen LogP) is 2.27. The molecule has 2 aromatic rings. The van der Waals surface area contributed by atoms with Gasteiger partial charge in [-0.3, -0.25) is 0 Å². The van der Waals surface area contributed by atoms with Gasteiger partial charge in [-0.2, -0.15) is 4.31 Å². The van der Waals surface area contributed by atoms with E-state index in [0.717, 1.165) is 17.7 Å². The molecule has 2 aromatic heterocycles. The van der Waals surface area contributed by atoms with Crippen molar-refractivity contribution in [2.75, 3.05) is 13.6 Å². The van der Waals surface area contributed by atoms with Gasteiger partial charge in [0.15, 0.2) is 0 Å². The molecule has 0 aromatic carbocycles. The van der Waals surface area contributed by atoms with E-state index in [2.05, 4.69) is 5.32 Å². The van der Waals surface area contributed by atoms with Crippen molar-refractivity contribution in [2.45, 2.75) is 24.2 Å². The van der Waals surface area contributed by atoms with Crippen LogP contribution >= 0.6 is 11.3 Å². The molecule has 7 heteroatoms. The lowest BCUT2D eigenvalue weighted by atomic mass is 10.3. The minimum Gasteiger partial charge on any atom is -0.472 e. The van der Waals surface area contributed by atoms with Crippen molar-refractivity contribution in [1.82, 2.24) is 9.62 Å². The first-order chi connectivity index (χ1) is 9.54. The second-order valence-electron chi connectivity index (χ2n) is 4.45. The first-order valence-electron chi connectivity index (χ1n) is 6.29. The fourth-order valence-electron chi connectivity index (χ4n) is 1.73. The molecule has 0 bridgehead atoms. The van der Waals surface area contributed by atoms with Crippen molar-refractivity contribution in [2.24, 2.45) is 0 Å². The third kappa shape index (κ3) is 3.49. The Morgan fingerprint density at radius 3 is 2.85 bits per heavy atom. The van der Waals surface area contributed by atoms with E-state index in [4.69, 9.17) is 4.42 Å². The molecule has 0 aliphatic rings.